The highest BCUT2D eigenvalue weighted by Crippen LogP contribution is 2.34. The van der Waals surface area contributed by atoms with E-state index in [9.17, 15) is 4.79 Å². The number of rotatable bonds is 5. The molecular weight excluding hydrogens is 250 g/mol. The summed E-state index contributed by atoms with van der Waals surface area (Å²) in [5.74, 6) is -0.171. The van der Waals surface area contributed by atoms with Gasteiger partial charge in [-0.15, -0.1) is 0 Å². The zero-order chi connectivity index (χ0) is 14.8. The fraction of sp³-hybridized carbons (Fsp3) is 0.938. The van der Waals surface area contributed by atoms with Crippen LogP contribution in [-0.2, 0) is 4.79 Å². The van der Waals surface area contributed by atoms with E-state index in [4.69, 9.17) is 5.73 Å². The molecule has 2 rings (SSSR count). The molecule has 2 saturated carbocycles. The maximum Gasteiger partial charge on any atom is 0.237 e. The van der Waals surface area contributed by atoms with Crippen LogP contribution in [-0.4, -0.2) is 41.5 Å². The van der Waals surface area contributed by atoms with Crippen LogP contribution in [0.4, 0.5) is 0 Å². The van der Waals surface area contributed by atoms with Crippen molar-refractivity contribution in [1.29, 1.82) is 0 Å². The molecule has 1 amide bonds. The van der Waals surface area contributed by atoms with Gasteiger partial charge < -0.3 is 16.0 Å². The summed E-state index contributed by atoms with van der Waals surface area (Å²) in [6.07, 6.45) is 9.37. The molecule has 3 N–H and O–H groups in total. The predicted molar refractivity (Wildman–Crippen MR) is 82.5 cm³/mol. The first-order valence-electron chi connectivity index (χ1n) is 8.24. The van der Waals surface area contributed by atoms with E-state index in [1.54, 1.807) is 0 Å². The van der Waals surface area contributed by atoms with Crippen molar-refractivity contribution < 1.29 is 4.79 Å². The molecule has 0 aromatic carbocycles. The molecule has 116 valence electrons. The van der Waals surface area contributed by atoms with Crippen LogP contribution in [0.1, 0.15) is 65.2 Å². The van der Waals surface area contributed by atoms with Crippen LogP contribution in [0.25, 0.3) is 0 Å². The van der Waals surface area contributed by atoms with Crippen molar-refractivity contribution >= 4 is 5.91 Å². The lowest BCUT2D eigenvalue weighted by molar-refractivity contribution is -0.127. The third-order valence-corrected chi connectivity index (χ3v) is 5.24. The molecule has 0 spiro atoms. The molecule has 20 heavy (non-hydrogen) atoms. The maximum atomic E-state index is 12.0. The van der Waals surface area contributed by atoms with E-state index in [1.807, 2.05) is 0 Å². The number of carbonyl (C=O) groups excluding carboxylic acids is 1. The fourth-order valence-electron chi connectivity index (χ4n) is 4.18. The van der Waals surface area contributed by atoms with Gasteiger partial charge in [0.25, 0.3) is 0 Å². The lowest BCUT2D eigenvalue weighted by Crippen LogP contribution is -2.62. The Morgan fingerprint density at radius 3 is 2.35 bits per heavy atom. The molecule has 0 saturated heterocycles. The van der Waals surface area contributed by atoms with E-state index in [2.05, 4.69) is 31.1 Å². The molecule has 2 unspecified atom stereocenters. The van der Waals surface area contributed by atoms with E-state index >= 15 is 0 Å². The third-order valence-electron chi connectivity index (χ3n) is 5.24. The van der Waals surface area contributed by atoms with E-state index < -0.39 is 5.54 Å². The van der Waals surface area contributed by atoms with Crippen molar-refractivity contribution in [3.05, 3.63) is 0 Å². The van der Waals surface area contributed by atoms with Gasteiger partial charge in [0.2, 0.25) is 5.91 Å². The molecule has 2 atom stereocenters. The van der Waals surface area contributed by atoms with Gasteiger partial charge in [0.1, 0.15) is 0 Å². The fourth-order valence-corrected chi connectivity index (χ4v) is 4.18. The van der Waals surface area contributed by atoms with Crippen molar-refractivity contribution in [1.82, 2.24) is 10.2 Å². The molecule has 0 aliphatic heterocycles. The van der Waals surface area contributed by atoms with Gasteiger partial charge in [-0.05, 0) is 59.4 Å². The zero-order valence-corrected chi connectivity index (χ0v) is 13.3. The first-order chi connectivity index (χ1) is 9.44. The standard InChI is InChI=1S/C16H31N3O/c1-12(2)18-16(15(17)20)10-6-9-14(11-16)19(3)13-7-4-5-8-13/h12-14,18H,4-11H2,1-3H3,(H2,17,20). The van der Waals surface area contributed by atoms with Gasteiger partial charge in [-0.1, -0.05) is 12.8 Å². The minimum absolute atomic E-state index is 0.171. The molecular formula is C16H31N3O. The van der Waals surface area contributed by atoms with Gasteiger partial charge in [0, 0.05) is 18.1 Å². The maximum absolute atomic E-state index is 12.0. The second-order valence-corrected chi connectivity index (χ2v) is 7.10. The van der Waals surface area contributed by atoms with Crippen LogP contribution in [0.5, 0.6) is 0 Å². The van der Waals surface area contributed by atoms with Crippen LogP contribution in [0.2, 0.25) is 0 Å². The molecule has 2 aliphatic carbocycles. The molecule has 0 aromatic heterocycles. The van der Waals surface area contributed by atoms with Gasteiger partial charge in [-0.3, -0.25) is 4.79 Å². The summed E-state index contributed by atoms with van der Waals surface area (Å²) in [5, 5.41) is 3.47. The molecule has 4 heteroatoms. The number of nitrogens with zero attached hydrogens (tertiary/aromatic N) is 1. The van der Waals surface area contributed by atoms with Gasteiger partial charge >= 0.3 is 0 Å². The summed E-state index contributed by atoms with van der Waals surface area (Å²) in [6.45, 7) is 4.18. The second-order valence-electron chi connectivity index (χ2n) is 7.10. The predicted octanol–water partition coefficient (Wildman–Crippen LogP) is 2.03. The van der Waals surface area contributed by atoms with E-state index in [1.165, 1.54) is 32.1 Å². The van der Waals surface area contributed by atoms with Gasteiger partial charge in [-0.25, -0.2) is 0 Å². The Hall–Kier alpha value is -0.610. The summed E-state index contributed by atoms with van der Waals surface area (Å²) in [4.78, 5) is 14.6. The van der Waals surface area contributed by atoms with E-state index in [0.29, 0.717) is 12.1 Å². The van der Waals surface area contributed by atoms with Crippen molar-refractivity contribution in [2.45, 2.75) is 88.9 Å². The lowest BCUT2D eigenvalue weighted by atomic mass is 9.77. The highest BCUT2D eigenvalue weighted by Gasteiger charge is 2.43. The van der Waals surface area contributed by atoms with Crippen molar-refractivity contribution in [2.24, 2.45) is 5.73 Å². The Bertz CT molecular complexity index is 339. The number of nitrogens with one attached hydrogen (secondary N) is 1. The van der Waals surface area contributed by atoms with E-state index in [-0.39, 0.29) is 11.9 Å². The normalized spacial score (nSPS) is 32.1. The summed E-state index contributed by atoms with van der Waals surface area (Å²) < 4.78 is 0. The zero-order valence-electron chi connectivity index (χ0n) is 13.3. The van der Waals surface area contributed by atoms with Crippen molar-refractivity contribution in [2.75, 3.05) is 7.05 Å². The minimum atomic E-state index is -0.496. The molecule has 2 fully saturated rings. The summed E-state index contributed by atoms with van der Waals surface area (Å²) >= 11 is 0. The molecule has 0 heterocycles. The van der Waals surface area contributed by atoms with Gasteiger partial charge in [0.05, 0.1) is 5.54 Å². The Balaban J connectivity index is 2.06. The summed E-state index contributed by atoms with van der Waals surface area (Å²) in [7, 11) is 2.24. The molecule has 2 aliphatic rings. The van der Waals surface area contributed by atoms with Gasteiger partial charge in [-0.2, -0.15) is 0 Å². The molecule has 4 nitrogen and oxygen atoms in total. The highest BCUT2D eigenvalue weighted by atomic mass is 16.1. The minimum Gasteiger partial charge on any atom is -0.368 e. The monoisotopic (exact) mass is 281 g/mol. The van der Waals surface area contributed by atoms with Crippen LogP contribution in [0.15, 0.2) is 0 Å². The molecule has 0 aromatic rings. The van der Waals surface area contributed by atoms with Crippen LogP contribution in [0, 0.1) is 0 Å². The van der Waals surface area contributed by atoms with Gasteiger partial charge in [0.15, 0.2) is 0 Å². The lowest BCUT2D eigenvalue weighted by Gasteiger charge is -2.45. The number of nitrogens with two attached hydrogens (primary N) is 1. The first kappa shape index (κ1) is 15.8. The molecule has 0 radical (unpaired) electrons. The van der Waals surface area contributed by atoms with Crippen molar-refractivity contribution in [3.8, 4) is 0 Å². The average molecular weight is 281 g/mol. The quantitative estimate of drug-likeness (QED) is 0.810. The Labute approximate surface area is 123 Å². The number of hydrogen-bond acceptors (Lipinski definition) is 3. The van der Waals surface area contributed by atoms with E-state index in [0.717, 1.165) is 19.3 Å². The molecule has 0 bridgehead atoms. The van der Waals surface area contributed by atoms with Crippen LogP contribution in [0.3, 0.4) is 0 Å². The Morgan fingerprint density at radius 2 is 1.80 bits per heavy atom. The smallest absolute Gasteiger partial charge is 0.237 e. The highest BCUT2D eigenvalue weighted by molar-refractivity contribution is 5.85. The summed E-state index contributed by atoms with van der Waals surface area (Å²) in [6, 6.07) is 1.49. The van der Waals surface area contributed by atoms with Crippen LogP contribution < -0.4 is 11.1 Å². The average Bonchev–Trinajstić information content (AvgIpc) is 2.91. The topological polar surface area (TPSA) is 58.4 Å². The number of amides is 1. The van der Waals surface area contributed by atoms with Crippen LogP contribution >= 0.6 is 0 Å². The third kappa shape index (κ3) is 3.34. The first-order valence-corrected chi connectivity index (χ1v) is 8.24. The number of carbonyl (C=O) groups is 1. The Kier molecular flexibility index (Phi) is 5.08. The largest absolute Gasteiger partial charge is 0.368 e. The van der Waals surface area contributed by atoms with Crippen molar-refractivity contribution in [3.63, 3.8) is 0 Å². The summed E-state index contributed by atoms with van der Waals surface area (Å²) in [5.41, 5.74) is 5.25. The SMILES string of the molecule is CC(C)NC1(C(N)=O)CCCC(N(C)C2CCCC2)C1. The number of primary amides is 1. The number of hydrogen-bond donors (Lipinski definition) is 2. The second kappa shape index (κ2) is 6.44. The Morgan fingerprint density at radius 1 is 1.20 bits per heavy atom.